The van der Waals surface area contributed by atoms with E-state index >= 15 is 0 Å². The molecule has 5 heteroatoms. The SMILES string of the molecule is Cc1ccc(C(=O)N2CCN(Cc3ccc(Cl)c(Cl)c3)CC2)cc1. The van der Waals surface area contributed by atoms with Gasteiger partial charge >= 0.3 is 0 Å². The van der Waals surface area contributed by atoms with Crippen LogP contribution in [0.5, 0.6) is 0 Å². The van der Waals surface area contributed by atoms with Crippen molar-refractivity contribution in [3.05, 3.63) is 69.2 Å². The first-order chi connectivity index (χ1) is 11.5. The molecular weight excluding hydrogens is 343 g/mol. The first kappa shape index (κ1) is 17.3. The van der Waals surface area contributed by atoms with Gasteiger partial charge in [0, 0.05) is 38.3 Å². The molecule has 0 N–H and O–H groups in total. The van der Waals surface area contributed by atoms with Crippen molar-refractivity contribution in [1.82, 2.24) is 9.80 Å². The predicted molar refractivity (Wildman–Crippen MR) is 98.8 cm³/mol. The van der Waals surface area contributed by atoms with E-state index in [9.17, 15) is 4.79 Å². The number of hydrogen-bond acceptors (Lipinski definition) is 2. The number of amides is 1. The monoisotopic (exact) mass is 362 g/mol. The average molecular weight is 363 g/mol. The van der Waals surface area contributed by atoms with Gasteiger partial charge in [0.05, 0.1) is 10.0 Å². The molecule has 0 aromatic heterocycles. The second kappa shape index (κ2) is 7.56. The number of carbonyl (C=O) groups excluding carboxylic acids is 1. The molecule has 1 heterocycles. The second-order valence-electron chi connectivity index (χ2n) is 6.18. The number of rotatable bonds is 3. The van der Waals surface area contributed by atoms with E-state index in [4.69, 9.17) is 23.2 Å². The van der Waals surface area contributed by atoms with Crippen molar-refractivity contribution < 1.29 is 4.79 Å². The average Bonchev–Trinajstić information content (AvgIpc) is 2.59. The lowest BCUT2D eigenvalue weighted by atomic mass is 10.1. The molecule has 1 fully saturated rings. The summed E-state index contributed by atoms with van der Waals surface area (Å²) in [6, 6.07) is 13.5. The molecule has 1 aliphatic rings. The van der Waals surface area contributed by atoms with Crippen molar-refractivity contribution in [3.8, 4) is 0 Å². The minimum absolute atomic E-state index is 0.115. The third kappa shape index (κ3) is 4.10. The predicted octanol–water partition coefficient (Wildman–Crippen LogP) is 4.26. The lowest BCUT2D eigenvalue weighted by Gasteiger charge is -2.34. The van der Waals surface area contributed by atoms with E-state index in [0.717, 1.165) is 49.4 Å². The Kier molecular flexibility index (Phi) is 5.44. The summed E-state index contributed by atoms with van der Waals surface area (Å²) >= 11 is 12.0. The van der Waals surface area contributed by atoms with Gasteiger partial charge in [-0.1, -0.05) is 47.0 Å². The summed E-state index contributed by atoms with van der Waals surface area (Å²) in [5.41, 5.74) is 3.07. The van der Waals surface area contributed by atoms with Crippen LogP contribution >= 0.6 is 23.2 Å². The Hall–Kier alpha value is -1.55. The number of benzene rings is 2. The first-order valence-electron chi connectivity index (χ1n) is 8.05. The van der Waals surface area contributed by atoms with Gasteiger partial charge in [-0.25, -0.2) is 0 Å². The molecule has 1 saturated heterocycles. The van der Waals surface area contributed by atoms with Crippen LogP contribution in [-0.4, -0.2) is 41.9 Å². The summed E-state index contributed by atoms with van der Waals surface area (Å²) in [7, 11) is 0. The van der Waals surface area contributed by atoms with Gasteiger partial charge in [-0.3, -0.25) is 9.69 Å². The smallest absolute Gasteiger partial charge is 0.253 e. The van der Waals surface area contributed by atoms with Gasteiger partial charge in [-0.05, 0) is 36.8 Å². The maximum Gasteiger partial charge on any atom is 0.253 e. The summed E-state index contributed by atoms with van der Waals surface area (Å²) in [6.45, 7) is 6.05. The minimum Gasteiger partial charge on any atom is -0.336 e. The second-order valence-corrected chi connectivity index (χ2v) is 7.00. The lowest BCUT2D eigenvalue weighted by Crippen LogP contribution is -2.48. The van der Waals surface area contributed by atoms with Crippen LogP contribution in [0.25, 0.3) is 0 Å². The van der Waals surface area contributed by atoms with E-state index < -0.39 is 0 Å². The number of aryl methyl sites for hydroxylation is 1. The molecule has 1 aliphatic heterocycles. The molecule has 3 nitrogen and oxygen atoms in total. The molecule has 0 saturated carbocycles. The fraction of sp³-hybridized carbons (Fsp3) is 0.316. The van der Waals surface area contributed by atoms with Crippen LogP contribution in [0, 0.1) is 6.92 Å². The number of hydrogen-bond donors (Lipinski definition) is 0. The zero-order chi connectivity index (χ0) is 17.1. The number of nitrogens with zero attached hydrogens (tertiary/aromatic N) is 2. The van der Waals surface area contributed by atoms with Crippen molar-refractivity contribution in [2.75, 3.05) is 26.2 Å². The molecule has 2 aromatic carbocycles. The Labute approximate surface area is 152 Å². The van der Waals surface area contributed by atoms with Gasteiger partial charge in [-0.15, -0.1) is 0 Å². The van der Waals surface area contributed by atoms with Crippen molar-refractivity contribution >= 4 is 29.1 Å². The van der Waals surface area contributed by atoms with Crippen LogP contribution < -0.4 is 0 Å². The van der Waals surface area contributed by atoms with Crippen molar-refractivity contribution in [2.45, 2.75) is 13.5 Å². The molecule has 24 heavy (non-hydrogen) atoms. The standard InChI is InChI=1S/C19H20Cl2N2O/c1-14-2-5-16(6-3-14)19(24)23-10-8-22(9-11-23)13-15-4-7-17(20)18(21)12-15/h2-7,12H,8-11,13H2,1H3. The zero-order valence-electron chi connectivity index (χ0n) is 13.6. The molecule has 0 atom stereocenters. The normalized spacial score (nSPS) is 15.5. The molecule has 0 radical (unpaired) electrons. The molecule has 126 valence electrons. The third-order valence-electron chi connectivity index (χ3n) is 4.35. The van der Waals surface area contributed by atoms with Gasteiger partial charge in [0.2, 0.25) is 0 Å². The summed E-state index contributed by atoms with van der Waals surface area (Å²) < 4.78 is 0. The van der Waals surface area contributed by atoms with E-state index in [1.165, 1.54) is 0 Å². The lowest BCUT2D eigenvalue weighted by molar-refractivity contribution is 0.0628. The van der Waals surface area contributed by atoms with Gasteiger partial charge in [0.25, 0.3) is 5.91 Å². The van der Waals surface area contributed by atoms with Gasteiger partial charge in [-0.2, -0.15) is 0 Å². The van der Waals surface area contributed by atoms with E-state index in [1.54, 1.807) is 0 Å². The molecular formula is C19H20Cl2N2O. The van der Waals surface area contributed by atoms with Crippen LogP contribution in [-0.2, 0) is 6.54 Å². The molecule has 0 aliphatic carbocycles. The van der Waals surface area contributed by atoms with E-state index in [2.05, 4.69) is 4.90 Å². The molecule has 1 amide bonds. The Morgan fingerprint density at radius 2 is 1.62 bits per heavy atom. The summed E-state index contributed by atoms with van der Waals surface area (Å²) in [5.74, 6) is 0.115. The number of piperazine rings is 1. The largest absolute Gasteiger partial charge is 0.336 e. The Morgan fingerprint density at radius 3 is 2.25 bits per heavy atom. The van der Waals surface area contributed by atoms with Crippen molar-refractivity contribution in [1.29, 1.82) is 0 Å². The van der Waals surface area contributed by atoms with Crippen LogP contribution in [0.3, 0.4) is 0 Å². The van der Waals surface area contributed by atoms with Gasteiger partial charge < -0.3 is 4.90 Å². The van der Waals surface area contributed by atoms with Crippen LogP contribution in [0.1, 0.15) is 21.5 Å². The molecule has 2 aromatic rings. The van der Waals surface area contributed by atoms with E-state index in [-0.39, 0.29) is 5.91 Å². The van der Waals surface area contributed by atoms with Gasteiger partial charge in [0.1, 0.15) is 0 Å². The zero-order valence-corrected chi connectivity index (χ0v) is 15.1. The van der Waals surface area contributed by atoms with Gasteiger partial charge in [0.15, 0.2) is 0 Å². The molecule has 0 unspecified atom stereocenters. The fourth-order valence-electron chi connectivity index (χ4n) is 2.88. The maximum atomic E-state index is 12.5. The van der Waals surface area contributed by atoms with Crippen molar-refractivity contribution in [3.63, 3.8) is 0 Å². The molecule has 0 spiro atoms. The quantitative estimate of drug-likeness (QED) is 0.814. The Morgan fingerprint density at radius 1 is 0.958 bits per heavy atom. The van der Waals surface area contributed by atoms with Crippen LogP contribution in [0.4, 0.5) is 0 Å². The highest BCUT2D eigenvalue weighted by Crippen LogP contribution is 2.23. The third-order valence-corrected chi connectivity index (χ3v) is 5.09. The highest BCUT2D eigenvalue weighted by Gasteiger charge is 2.22. The van der Waals surface area contributed by atoms with E-state index in [0.29, 0.717) is 10.0 Å². The maximum absolute atomic E-state index is 12.5. The minimum atomic E-state index is 0.115. The van der Waals surface area contributed by atoms with Crippen molar-refractivity contribution in [2.24, 2.45) is 0 Å². The summed E-state index contributed by atoms with van der Waals surface area (Å²) in [5, 5.41) is 1.16. The summed E-state index contributed by atoms with van der Waals surface area (Å²) in [6.07, 6.45) is 0. The summed E-state index contributed by atoms with van der Waals surface area (Å²) in [4.78, 5) is 16.8. The number of carbonyl (C=O) groups is 1. The van der Waals surface area contributed by atoms with E-state index in [1.807, 2.05) is 54.3 Å². The molecule has 3 rings (SSSR count). The Balaban J connectivity index is 1.56. The molecule has 0 bridgehead atoms. The first-order valence-corrected chi connectivity index (χ1v) is 8.81. The van der Waals surface area contributed by atoms with Crippen LogP contribution in [0.2, 0.25) is 10.0 Å². The fourth-order valence-corrected chi connectivity index (χ4v) is 3.20. The Bertz CT molecular complexity index is 723. The highest BCUT2D eigenvalue weighted by molar-refractivity contribution is 6.42. The highest BCUT2D eigenvalue weighted by atomic mass is 35.5. The van der Waals surface area contributed by atoms with Crippen LogP contribution in [0.15, 0.2) is 42.5 Å². The number of halogens is 2. The topological polar surface area (TPSA) is 23.6 Å².